The van der Waals surface area contributed by atoms with E-state index in [2.05, 4.69) is 127 Å². The van der Waals surface area contributed by atoms with E-state index in [1.165, 1.54) is 44.5 Å². The van der Waals surface area contributed by atoms with Crippen LogP contribution in [0.3, 0.4) is 0 Å². The van der Waals surface area contributed by atoms with E-state index in [0.29, 0.717) is 12.1 Å². The van der Waals surface area contributed by atoms with Gasteiger partial charge in [0.25, 0.3) is 0 Å². The molecule has 63 heavy (non-hydrogen) atoms. The number of Topliss-reactive ketones (excluding diaryl/α,β-unsaturated/α-hetero) is 2. The summed E-state index contributed by atoms with van der Waals surface area (Å²) in [7, 11) is 0. The van der Waals surface area contributed by atoms with Gasteiger partial charge in [-0.3, -0.25) is 19.6 Å². The van der Waals surface area contributed by atoms with Crippen LogP contribution in [0.4, 0.5) is 0 Å². The van der Waals surface area contributed by atoms with Gasteiger partial charge in [0.05, 0.1) is 22.2 Å². The van der Waals surface area contributed by atoms with Gasteiger partial charge in [0.15, 0.2) is 18.2 Å². The molecule has 0 radical (unpaired) electrons. The number of halogens is 1. The molecule has 304 valence electrons. The van der Waals surface area contributed by atoms with Gasteiger partial charge in [-0.1, -0.05) is 152 Å². The highest BCUT2D eigenvalue weighted by Gasteiger charge is 2.48. The minimum absolute atomic E-state index is 0. The highest BCUT2D eigenvalue weighted by Crippen LogP contribution is 2.57. The predicted molar refractivity (Wildman–Crippen MR) is 244 cm³/mol. The van der Waals surface area contributed by atoms with Gasteiger partial charge >= 0.3 is 0 Å². The molecule has 0 saturated heterocycles. The molecule has 0 N–H and O–H groups in total. The molecule has 0 bridgehead atoms. The number of aromatic nitrogens is 3. The molecule has 11 rings (SSSR count). The van der Waals surface area contributed by atoms with Gasteiger partial charge in [0, 0.05) is 35.7 Å². The maximum atomic E-state index is 13.3. The van der Waals surface area contributed by atoms with E-state index in [0.717, 1.165) is 28.1 Å². The first-order valence-electron chi connectivity index (χ1n) is 20.9. The van der Waals surface area contributed by atoms with Gasteiger partial charge in [-0.2, -0.15) is 4.57 Å². The molecule has 2 aliphatic rings. The summed E-state index contributed by atoms with van der Waals surface area (Å²) in [6.45, 7) is 1.91. The molecule has 0 fully saturated rings. The average Bonchev–Trinajstić information content (AvgIpc) is 3.82. The van der Waals surface area contributed by atoms with Crippen molar-refractivity contribution >= 4 is 11.6 Å². The van der Waals surface area contributed by atoms with E-state index in [4.69, 9.17) is 9.97 Å². The lowest BCUT2D eigenvalue weighted by Gasteiger charge is -2.32. The first kappa shape index (κ1) is 41.2. The molecular weight excluding hydrogens is 886 g/mol. The molecule has 0 aliphatic heterocycles. The maximum Gasteiger partial charge on any atom is 0.227 e. The van der Waals surface area contributed by atoms with Gasteiger partial charge in [0.1, 0.15) is 0 Å². The largest absolute Gasteiger partial charge is 1.00 e. The molecule has 3 heterocycles. The first-order chi connectivity index (χ1) is 30.5. The zero-order chi connectivity index (χ0) is 42.1. The van der Waals surface area contributed by atoms with Gasteiger partial charge in [0.2, 0.25) is 12.3 Å². The standard InChI is InChI=1S/C31H23N2O.C26H19NO.HI/c34-29(22-33-19-8-1-9-20-33)23-11-10-12-24(21-23)31(30-17-6-7-18-32-30)27-15-4-2-13-25(27)26-14-3-5-16-28(26)31;1-18(28)19-9-8-10-20(17-19)26(25-15-6-7-16-27-25)23-13-4-2-11-21(23)22-12-3-5-14-24(22)26;/h1-21H,22H2;2-17H,1H3;1H/q+1;;/p-1. The molecule has 0 amide bonds. The van der Waals surface area contributed by atoms with Crippen LogP contribution >= 0.6 is 0 Å². The molecule has 0 spiro atoms. The number of fused-ring (bicyclic) bond motifs is 6. The fraction of sp³-hybridized carbons (Fsp3) is 0.0702. The van der Waals surface area contributed by atoms with Crippen LogP contribution in [-0.4, -0.2) is 21.5 Å². The summed E-state index contributed by atoms with van der Waals surface area (Å²) in [5.74, 6) is 0.145. The Kier molecular flexibility index (Phi) is 11.3. The zero-order valence-corrected chi connectivity index (χ0v) is 36.8. The lowest BCUT2D eigenvalue weighted by molar-refractivity contribution is -0.683. The zero-order valence-electron chi connectivity index (χ0n) is 34.6. The summed E-state index contributed by atoms with van der Waals surface area (Å²) in [5, 5.41) is 0. The van der Waals surface area contributed by atoms with E-state index in [1.807, 2.05) is 102 Å². The molecule has 9 aromatic rings. The Hall–Kier alpha value is -7.16. The summed E-state index contributed by atoms with van der Waals surface area (Å²) in [5.41, 5.74) is 14.0. The SMILES string of the molecule is CC(=O)c1cccc(C2(c3ccccn3)c3ccccc3-c3ccccc32)c1.O=C(C[n+]1ccccc1)c1cccc(C2(c3ccccn3)c3ccccc3-c3ccccc32)c1.[I-]. The van der Waals surface area contributed by atoms with Crippen LogP contribution in [0.25, 0.3) is 22.3 Å². The normalized spacial score (nSPS) is 13.2. The van der Waals surface area contributed by atoms with Crippen LogP contribution in [0.15, 0.2) is 225 Å². The molecular formula is C57H42IN3O2. The number of rotatable bonds is 8. The van der Waals surface area contributed by atoms with Crippen LogP contribution in [0, 0.1) is 0 Å². The van der Waals surface area contributed by atoms with Crippen LogP contribution in [0.2, 0.25) is 0 Å². The van der Waals surface area contributed by atoms with Gasteiger partial charge < -0.3 is 24.0 Å². The van der Waals surface area contributed by atoms with Crippen LogP contribution in [0.5, 0.6) is 0 Å². The highest BCUT2D eigenvalue weighted by molar-refractivity contribution is 5.96. The summed E-state index contributed by atoms with van der Waals surface area (Å²) >= 11 is 0. The van der Waals surface area contributed by atoms with Crippen molar-refractivity contribution in [2.24, 2.45) is 0 Å². The van der Waals surface area contributed by atoms with Gasteiger partial charge in [-0.25, -0.2) is 0 Å². The van der Waals surface area contributed by atoms with Crippen LogP contribution in [-0.2, 0) is 17.4 Å². The Morgan fingerprint density at radius 1 is 0.444 bits per heavy atom. The van der Waals surface area contributed by atoms with Crippen molar-refractivity contribution in [1.82, 2.24) is 9.97 Å². The van der Waals surface area contributed by atoms with E-state index < -0.39 is 10.8 Å². The maximum absolute atomic E-state index is 13.3. The van der Waals surface area contributed by atoms with Crippen molar-refractivity contribution < 1.29 is 38.1 Å². The number of hydrogen-bond donors (Lipinski definition) is 0. The fourth-order valence-corrected chi connectivity index (χ4v) is 9.80. The van der Waals surface area contributed by atoms with E-state index in [9.17, 15) is 9.59 Å². The third kappa shape index (κ3) is 6.91. The number of nitrogens with zero attached hydrogens (tertiary/aromatic N) is 3. The highest BCUT2D eigenvalue weighted by atomic mass is 127. The quantitative estimate of drug-likeness (QED) is 0.0876. The summed E-state index contributed by atoms with van der Waals surface area (Å²) in [4.78, 5) is 35.1. The van der Waals surface area contributed by atoms with Gasteiger partial charge in [-0.15, -0.1) is 0 Å². The van der Waals surface area contributed by atoms with E-state index in [-0.39, 0.29) is 35.5 Å². The van der Waals surface area contributed by atoms with Crippen LogP contribution in [0.1, 0.15) is 72.4 Å². The minimum Gasteiger partial charge on any atom is -1.00 e. The molecule has 0 atom stereocenters. The number of ketones is 2. The first-order valence-corrected chi connectivity index (χ1v) is 20.9. The molecule has 6 heteroatoms. The van der Waals surface area contributed by atoms with Crippen LogP contribution < -0.4 is 28.5 Å². The Morgan fingerprint density at radius 3 is 1.25 bits per heavy atom. The lowest BCUT2D eigenvalue weighted by Crippen LogP contribution is -3.00. The molecule has 0 unspecified atom stereocenters. The fourth-order valence-electron chi connectivity index (χ4n) is 9.80. The second-order valence-corrected chi connectivity index (χ2v) is 15.8. The Morgan fingerprint density at radius 2 is 0.841 bits per heavy atom. The van der Waals surface area contributed by atoms with Crippen molar-refractivity contribution in [2.75, 3.05) is 0 Å². The van der Waals surface area contributed by atoms with Crippen molar-refractivity contribution in [3.05, 3.63) is 281 Å². The number of benzene rings is 6. The molecule has 3 aromatic heterocycles. The second-order valence-electron chi connectivity index (χ2n) is 15.8. The summed E-state index contributed by atoms with van der Waals surface area (Å²) in [6.07, 6.45) is 7.53. The molecule has 0 saturated carbocycles. The number of carbonyl (C=O) groups excluding carboxylic acids is 2. The minimum atomic E-state index is -0.593. The Balaban J connectivity index is 0.000000160. The van der Waals surface area contributed by atoms with Crippen molar-refractivity contribution in [3.8, 4) is 22.3 Å². The van der Waals surface area contributed by atoms with E-state index in [1.54, 1.807) is 6.92 Å². The van der Waals surface area contributed by atoms with Crippen molar-refractivity contribution in [2.45, 2.75) is 24.3 Å². The van der Waals surface area contributed by atoms with E-state index >= 15 is 0 Å². The number of carbonyl (C=O) groups is 2. The lowest BCUT2D eigenvalue weighted by atomic mass is 9.69. The molecule has 6 aromatic carbocycles. The number of hydrogen-bond acceptors (Lipinski definition) is 4. The smallest absolute Gasteiger partial charge is 0.227 e. The average molecular weight is 928 g/mol. The van der Waals surface area contributed by atoms with Crippen molar-refractivity contribution in [1.29, 1.82) is 0 Å². The molecule has 5 nitrogen and oxygen atoms in total. The third-order valence-corrected chi connectivity index (χ3v) is 12.4. The third-order valence-electron chi connectivity index (χ3n) is 12.4. The Labute approximate surface area is 384 Å². The Bertz CT molecular complexity index is 3020. The summed E-state index contributed by atoms with van der Waals surface area (Å²) < 4.78 is 1.91. The second kappa shape index (κ2) is 17.3. The monoisotopic (exact) mass is 927 g/mol. The summed E-state index contributed by atoms with van der Waals surface area (Å²) in [6, 6.07) is 68.1. The molecule has 2 aliphatic carbocycles. The topological polar surface area (TPSA) is 63.8 Å². The van der Waals surface area contributed by atoms with Gasteiger partial charge in [-0.05, 0) is 99.0 Å². The predicted octanol–water partition coefficient (Wildman–Crippen LogP) is 8.27. The van der Waals surface area contributed by atoms with Crippen molar-refractivity contribution in [3.63, 3.8) is 0 Å². The number of pyridine rings is 3.